The van der Waals surface area contributed by atoms with Crippen molar-refractivity contribution in [2.45, 2.75) is 39.2 Å². The molecule has 1 N–H and O–H groups in total. The van der Waals surface area contributed by atoms with Gasteiger partial charge in [0.1, 0.15) is 0 Å². The van der Waals surface area contributed by atoms with Gasteiger partial charge in [-0.15, -0.1) is 0 Å². The Morgan fingerprint density at radius 1 is 1.29 bits per heavy atom. The molecule has 1 atom stereocenters. The Morgan fingerprint density at radius 2 is 2.14 bits per heavy atom. The fourth-order valence-corrected chi connectivity index (χ4v) is 2.81. The van der Waals surface area contributed by atoms with E-state index in [0.29, 0.717) is 6.04 Å². The molecule has 0 aliphatic heterocycles. The summed E-state index contributed by atoms with van der Waals surface area (Å²) in [5.41, 5.74) is 3.89. The lowest BCUT2D eigenvalue weighted by molar-refractivity contribution is 0.491. The number of rotatable bonds is 7. The van der Waals surface area contributed by atoms with Gasteiger partial charge in [-0.1, -0.05) is 48.4 Å². The van der Waals surface area contributed by atoms with Gasteiger partial charge in [0.15, 0.2) is 0 Å². The largest absolute Gasteiger partial charge is 0.314 e. The number of likely N-dealkylation sites (N-methyl/N-ethyl adjacent to an activating group) is 1. The SMILES string of the molecule is CCNC(CCc1cccc(C)c1)Cc1ccncc1Cl. The number of aryl methyl sites for hydroxylation is 2. The van der Waals surface area contributed by atoms with Crippen LogP contribution in [0.4, 0.5) is 0 Å². The highest BCUT2D eigenvalue weighted by Crippen LogP contribution is 2.17. The summed E-state index contributed by atoms with van der Waals surface area (Å²) in [6.45, 7) is 5.26. The van der Waals surface area contributed by atoms with Gasteiger partial charge in [-0.3, -0.25) is 4.98 Å². The normalized spacial score (nSPS) is 12.3. The molecule has 0 aliphatic carbocycles. The van der Waals surface area contributed by atoms with E-state index in [-0.39, 0.29) is 0 Å². The number of nitrogens with one attached hydrogen (secondary N) is 1. The number of benzene rings is 1. The first-order chi connectivity index (χ1) is 10.2. The van der Waals surface area contributed by atoms with Crippen molar-refractivity contribution in [3.8, 4) is 0 Å². The molecule has 0 bridgehead atoms. The Bertz CT molecular complexity index is 569. The predicted molar refractivity (Wildman–Crippen MR) is 89.9 cm³/mol. The van der Waals surface area contributed by atoms with Gasteiger partial charge in [0, 0.05) is 18.4 Å². The van der Waals surface area contributed by atoms with Crippen molar-refractivity contribution >= 4 is 11.6 Å². The third-order valence-corrected chi connectivity index (χ3v) is 4.02. The topological polar surface area (TPSA) is 24.9 Å². The van der Waals surface area contributed by atoms with Gasteiger partial charge >= 0.3 is 0 Å². The molecule has 112 valence electrons. The third kappa shape index (κ3) is 5.14. The Morgan fingerprint density at radius 3 is 2.86 bits per heavy atom. The third-order valence-electron chi connectivity index (χ3n) is 3.68. The van der Waals surface area contributed by atoms with Crippen LogP contribution in [0.25, 0.3) is 0 Å². The lowest BCUT2D eigenvalue weighted by atomic mass is 9.99. The van der Waals surface area contributed by atoms with E-state index in [1.54, 1.807) is 6.20 Å². The quantitative estimate of drug-likeness (QED) is 0.829. The summed E-state index contributed by atoms with van der Waals surface area (Å²) in [6.07, 6.45) is 6.67. The molecule has 0 saturated carbocycles. The fraction of sp³-hybridized carbons (Fsp3) is 0.389. The van der Waals surface area contributed by atoms with Gasteiger partial charge in [0.2, 0.25) is 0 Å². The molecule has 2 rings (SSSR count). The average Bonchev–Trinajstić information content (AvgIpc) is 2.47. The summed E-state index contributed by atoms with van der Waals surface area (Å²) >= 11 is 6.22. The first-order valence-electron chi connectivity index (χ1n) is 7.56. The van der Waals surface area contributed by atoms with E-state index >= 15 is 0 Å². The molecule has 1 aromatic carbocycles. The monoisotopic (exact) mass is 302 g/mol. The molecular weight excluding hydrogens is 280 g/mol. The minimum absolute atomic E-state index is 0.440. The van der Waals surface area contributed by atoms with Crippen LogP contribution in [0.3, 0.4) is 0 Å². The molecule has 3 heteroatoms. The van der Waals surface area contributed by atoms with Crippen LogP contribution in [0, 0.1) is 6.92 Å². The smallest absolute Gasteiger partial charge is 0.0621 e. The van der Waals surface area contributed by atoms with E-state index in [0.717, 1.165) is 30.8 Å². The van der Waals surface area contributed by atoms with Crippen LogP contribution in [-0.2, 0) is 12.8 Å². The Labute approximate surface area is 132 Å². The van der Waals surface area contributed by atoms with Crippen LogP contribution in [0.2, 0.25) is 5.02 Å². The van der Waals surface area contributed by atoms with Crippen molar-refractivity contribution in [1.82, 2.24) is 10.3 Å². The molecular formula is C18H23ClN2. The molecule has 1 aromatic heterocycles. The van der Waals surface area contributed by atoms with Crippen molar-refractivity contribution < 1.29 is 0 Å². The van der Waals surface area contributed by atoms with E-state index in [1.165, 1.54) is 16.7 Å². The van der Waals surface area contributed by atoms with Crippen LogP contribution in [-0.4, -0.2) is 17.6 Å². The van der Waals surface area contributed by atoms with Crippen molar-refractivity contribution in [3.63, 3.8) is 0 Å². The van der Waals surface area contributed by atoms with Crippen LogP contribution in [0.1, 0.15) is 30.0 Å². The van der Waals surface area contributed by atoms with Crippen molar-refractivity contribution in [1.29, 1.82) is 0 Å². The first kappa shape index (κ1) is 16.0. The van der Waals surface area contributed by atoms with Crippen molar-refractivity contribution in [3.05, 3.63) is 64.4 Å². The molecule has 1 heterocycles. The van der Waals surface area contributed by atoms with Crippen LogP contribution in [0.5, 0.6) is 0 Å². The number of pyridine rings is 1. The highest BCUT2D eigenvalue weighted by atomic mass is 35.5. The maximum Gasteiger partial charge on any atom is 0.0621 e. The molecule has 0 fully saturated rings. The molecule has 2 aromatic rings. The number of hydrogen-bond donors (Lipinski definition) is 1. The lowest BCUT2D eigenvalue weighted by Gasteiger charge is -2.18. The second kappa shape index (κ2) is 8.16. The summed E-state index contributed by atoms with van der Waals surface area (Å²) in [5, 5.41) is 4.32. The summed E-state index contributed by atoms with van der Waals surface area (Å²) < 4.78 is 0. The maximum atomic E-state index is 6.22. The average molecular weight is 303 g/mol. The molecule has 21 heavy (non-hydrogen) atoms. The predicted octanol–water partition coefficient (Wildman–Crippen LogP) is 4.20. The second-order valence-electron chi connectivity index (χ2n) is 5.45. The van der Waals surface area contributed by atoms with E-state index in [4.69, 9.17) is 11.6 Å². The summed E-state index contributed by atoms with van der Waals surface area (Å²) in [4.78, 5) is 4.05. The Hall–Kier alpha value is -1.38. The zero-order chi connectivity index (χ0) is 15.1. The number of nitrogens with zero attached hydrogens (tertiary/aromatic N) is 1. The lowest BCUT2D eigenvalue weighted by Crippen LogP contribution is -2.31. The van der Waals surface area contributed by atoms with E-state index in [2.05, 4.69) is 48.4 Å². The highest BCUT2D eigenvalue weighted by molar-refractivity contribution is 6.31. The van der Waals surface area contributed by atoms with Crippen LogP contribution in [0.15, 0.2) is 42.7 Å². The summed E-state index contributed by atoms with van der Waals surface area (Å²) in [6, 6.07) is 11.2. The van der Waals surface area contributed by atoms with Crippen LogP contribution >= 0.6 is 11.6 Å². The zero-order valence-electron chi connectivity index (χ0n) is 12.8. The summed E-state index contributed by atoms with van der Waals surface area (Å²) in [7, 11) is 0. The minimum atomic E-state index is 0.440. The molecule has 2 nitrogen and oxygen atoms in total. The van der Waals surface area contributed by atoms with Crippen LogP contribution < -0.4 is 5.32 Å². The fourth-order valence-electron chi connectivity index (χ4n) is 2.61. The Balaban J connectivity index is 1.97. The highest BCUT2D eigenvalue weighted by Gasteiger charge is 2.11. The van der Waals surface area contributed by atoms with Gasteiger partial charge in [0.05, 0.1) is 5.02 Å². The molecule has 0 aliphatic rings. The summed E-state index contributed by atoms with van der Waals surface area (Å²) in [5.74, 6) is 0. The second-order valence-corrected chi connectivity index (χ2v) is 5.86. The molecule has 0 spiro atoms. The van der Waals surface area contributed by atoms with E-state index < -0.39 is 0 Å². The number of hydrogen-bond acceptors (Lipinski definition) is 2. The number of aromatic nitrogens is 1. The standard InChI is InChI=1S/C18H23ClN2/c1-3-21-17(12-16-9-10-20-13-18(16)19)8-7-15-6-4-5-14(2)11-15/h4-6,9-11,13,17,21H,3,7-8,12H2,1-2H3. The minimum Gasteiger partial charge on any atom is -0.314 e. The van der Waals surface area contributed by atoms with E-state index in [9.17, 15) is 0 Å². The van der Waals surface area contributed by atoms with Crippen molar-refractivity contribution in [2.24, 2.45) is 0 Å². The molecule has 0 amide bonds. The Kier molecular flexibility index (Phi) is 6.21. The van der Waals surface area contributed by atoms with Gasteiger partial charge in [-0.25, -0.2) is 0 Å². The van der Waals surface area contributed by atoms with E-state index in [1.807, 2.05) is 12.3 Å². The van der Waals surface area contributed by atoms with Gasteiger partial charge in [-0.05, 0) is 49.9 Å². The maximum absolute atomic E-state index is 6.22. The van der Waals surface area contributed by atoms with Gasteiger partial charge in [-0.2, -0.15) is 0 Å². The zero-order valence-corrected chi connectivity index (χ0v) is 13.5. The first-order valence-corrected chi connectivity index (χ1v) is 7.94. The molecule has 0 radical (unpaired) electrons. The number of halogens is 1. The van der Waals surface area contributed by atoms with Crippen molar-refractivity contribution in [2.75, 3.05) is 6.54 Å². The molecule has 0 saturated heterocycles. The van der Waals surface area contributed by atoms with Gasteiger partial charge in [0.25, 0.3) is 0 Å². The molecule has 1 unspecified atom stereocenters. The van der Waals surface area contributed by atoms with Gasteiger partial charge < -0.3 is 5.32 Å².